The molecule has 2 aromatic heterocycles. The molecule has 2 N–H and O–H groups in total. The number of rotatable bonds is 5. The van der Waals surface area contributed by atoms with Gasteiger partial charge in [-0.3, -0.25) is 19.6 Å². The zero-order chi connectivity index (χ0) is 19.2. The molecule has 0 spiro atoms. The van der Waals surface area contributed by atoms with E-state index in [0.29, 0.717) is 11.3 Å². The highest BCUT2D eigenvalue weighted by molar-refractivity contribution is 6.04. The van der Waals surface area contributed by atoms with Crippen LogP contribution in [0.2, 0.25) is 0 Å². The molecule has 27 heavy (non-hydrogen) atoms. The lowest BCUT2D eigenvalue weighted by atomic mass is 10.1. The summed E-state index contributed by atoms with van der Waals surface area (Å²) in [6, 6.07) is 11.3. The van der Waals surface area contributed by atoms with Gasteiger partial charge in [-0.15, -0.1) is 0 Å². The third-order valence-electron chi connectivity index (χ3n) is 3.98. The van der Waals surface area contributed by atoms with E-state index in [-0.39, 0.29) is 17.5 Å². The van der Waals surface area contributed by atoms with Crippen LogP contribution >= 0.6 is 0 Å². The molecule has 0 radical (unpaired) electrons. The van der Waals surface area contributed by atoms with Gasteiger partial charge in [0.2, 0.25) is 0 Å². The van der Waals surface area contributed by atoms with Gasteiger partial charge in [0.05, 0.1) is 17.8 Å². The Balaban J connectivity index is 1.63. The van der Waals surface area contributed by atoms with Gasteiger partial charge in [-0.05, 0) is 42.8 Å². The number of carbonyl (C=O) groups is 2. The largest absolute Gasteiger partial charge is 0.345 e. The lowest BCUT2D eigenvalue weighted by Crippen LogP contribution is -2.27. The molecule has 3 rings (SSSR count). The normalized spacial score (nSPS) is 11.5. The topological polar surface area (TPSA) is 84.0 Å². The van der Waals surface area contributed by atoms with E-state index in [1.54, 1.807) is 55.7 Å². The summed E-state index contributed by atoms with van der Waals surface area (Å²) in [6.45, 7) is 1.79. The number of pyridine rings is 2. The Bertz CT molecular complexity index is 946. The van der Waals surface area contributed by atoms with Crippen molar-refractivity contribution < 1.29 is 14.0 Å². The van der Waals surface area contributed by atoms with Crippen LogP contribution < -0.4 is 10.6 Å². The van der Waals surface area contributed by atoms with Gasteiger partial charge in [-0.2, -0.15) is 0 Å². The Morgan fingerprint density at radius 2 is 1.59 bits per heavy atom. The lowest BCUT2D eigenvalue weighted by Gasteiger charge is -2.15. The van der Waals surface area contributed by atoms with Crippen LogP contribution in [0.1, 0.15) is 39.2 Å². The van der Waals surface area contributed by atoms with E-state index >= 15 is 0 Å². The van der Waals surface area contributed by atoms with Crippen molar-refractivity contribution in [3.63, 3.8) is 0 Å². The molecule has 0 aliphatic heterocycles. The SMILES string of the molecule is C[C@H](NC(=O)c1ccncc1F)c1ccc(NC(=O)c2ccncc2)cc1. The molecule has 0 unspecified atom stereocenters. The van der Waals surface area contributed by atoms with Crippen molar-refractivity contribution in [2.45, 2.75) is 13.0 Å². The van der Waals surface area contributed by atoms with Crippen LogP contribution in [0.15, 0.2) is 67.3 Å². The molecule has 0 saturated heterocycles. The first kappa shape index (κ1) is 18.2. The molecule has 1 aromatic carbocycles. The van der Waals surface area contributed by atoms with Crippen LogP contribution in [-0.4, -0.2) is 21.8 Å². The van der Waals surface area contributed by atoms with Gasteiger partial charge in [0.1, 0.15) is 0 Å². The van der Waals surface area contributed by atoms with Gasteiger partial charge in [-0.1, -0.05) is 12.1 Å². The molecule has 3 aromatic rings. The minimum Gasteiger partial charge on any atom is -0.345 e. The highest BCUT2D eigenvalue weighted by Gasteiger charge is 2.15. The molecule has 1 atom stereocenters. The fourth-order valence-corrected chi connectivity index (χ4v) is 2.48. The van der Waals surface area contributed by atoms with Crippen molar-refractivity contribution in [2.24, 2.45) is 0 Å². The third kappa shape index (κ3) is 4.52. The van der Waals surface area contributed by atoms with E-state index in [0.717, 1.165) is 11.8 Å². The second-order valence-electron chi connectivity index (χ2n) is 5.86. The average Bonchev–Trinajstić information content (AvgIpc) is 2.69. The Kier molecular flexibility index (Phi) is 5.51. The third-order valence-corrected chi connectivity index (χ3v) is 3.98. The fraction of sp³-hybridized carbons (Fsp3) is 0.100. The Hall–Kier alpha value is -3.61. The first-order chi connectivity index (χ1) is 13.0. The monoisotopic (exact) mass is 364 g/mol. The Morgan fingerprint density at radius 1 is 0.926 bits per heavy atom. The number of amides is 2. The predicted molar refractivity (Wildman–Crippen MR) is 98.7 cm³/mol. The van der Waals surface area contributed by atoms with Crippen molar-refractivity contribution in [3.8, 4) is 0 Å². The van der Waals surface area contributed by atoms with Gasteiger partial charge in [-0.25, -0.2) is 4.39 Å². The van der Waals surface area contributed by atoms with E-state index in [1.807, 2.05) is 0 Å². The molecule has 0 aliphatic carbocycles. The highest BCUT2D eigenvalue weighted by atomic mass is 19.1. The number of nitrogens with zero attached hydrogens (tertiary/aromatic N) is 2. The highest BCUT2D eigenvalue weighted by Crippen LogP contribution is 2.18. The summed E-state index contributed by atoms with van der Waals surface area (Å²) in [5, 5.41) is 5.53. The maximum Gasteiger partial charge on any atom is 0.255 e. The number of aromatic nitrogens is 2. The summed E-state index contributed by atoms with van der Waals surface area (Å²) in [4.78, 5) is 31.8. The molecular formula is C20H17FN4O2. The molecule has 0 fully saturated rings. The maximum atomic E-state index is 13.6. The van der Waals surface area contributed by atoms with Crippen LogP contribution in [0, 0.1) is 5.82 Å². The molecule has 2 amide bonds. The van der Waals surface area contributed by atoms with Crippen molar-refractivity contribution in [1.82, 2.24) is 15.3 Å². The summed E-state index contributed by atoms with van der Waals surface area (Å²) in [7, 11) is 0. The zero-order valence-electron chi connectivity index (χ0n) is 14.5. The Labute approximate surface area is 155 Å². The minimum atomic E-state index is -0.670. The molecule has 136 valence electrons. The van der Waals surface area contributed by atoms with E-state index in [2.05, 4.69) is 20.6 Å². The first-order valence-electron chi connectivity index (χ1n) is 8.26. The number of benzene rings is 1. The molecular weight excluding hydrogens is 347 g/mol. The van der Waals surface area contributed by atoms with Crippen molar-refractivity contribution in [1.29, 1.82) is 0 Å². The van der Waals surface area contributed by atoms with E-state index in [4.69, 9.17) is 0 Å². The molecule has 0 bridgehead atoms. The van der Waals surface area contributed by atoms with Gasteiger partial charge in [0, 0.05) is 29.8 Å². The summed E-state index contributed by atoms with van der Waals surface area (Å²) in [6.07, 6.45) is 5.46. The summed E-state index contributed by atoms with van der Waals surface area (Å²) >= 11 is 0. The second kappa shape index (κ2) is 8.18. The van der Waals surface area contributed by atoms with Crippen molar-refractivity contribution in [2.75, 3.05) is 5.32 Å². The minimum absolute atomic E-state index is 0.0573. The van der Waals surface area contributed by atoms with Crippen LogP contribution in [0.5, 0.6) is 0 Å². The quantitative estimate of drug-likeness (QED) is 0.727. The molecule has 0 aliphatic rings. The molecule has 6 nitrogen and oxygen atoms in total. The standard InChI is InChI=1S/C20H17FN4O2/c1-13(24-20(27)17-8-11-23-12-18(17)21)14-2-4-16(5-3-14)25-19(26)15-6-9-22-10-7-15/h2-13H,1H3,(H,24,27)(H,25,26)/t13-/m0/s1. The number of hydrogen-bond acceptors (Lipinski definition) is 4. The van der Waals surface area contributed by atoms with E-state index in [9.17, 15) is 14.0 Å². The maximum absolute atomic E-state index is 13.6. The Morgan fingerprint density at radius 3 is 2.26 bits per heavy atom. The number of hydrogen-bond donors (Lipinski definition) is 2. The van der Waals surface area contributed by atoms with Gasteiger partial charge in [0.25, 0.3) is 11.8 Å². The number of carbonyl (C=O) groups excluding carboxylic acids is 2. The van der Waals surface area contributed by atoms with Crippen LogP contribution in [-0.2, 0) is 0 Å². The lowest BCUT2D eigenvalue weighted by molar-refractivity contribution is 0.0935. The summed E-state index contributed by atoms with van der Waals surface area (Å²) in [5.74, 6) is -1.42. The zero-order valence-corrected chi connectivity index (χ0v) is 14.5. The summed E-state index contributed by atoms with van der Waals surface area (Å²) < 4.78 is 13.6. The van der Waals surface area contributed by atoms with Gasteiger partial charge >= 0.3 is 0 Å². The predicted octanol–water partition coefficient (Wildman–Crippen LogP) is 3.36. The summed E-state index contributed by atoms with van der Waals surface area (Å²) in [5.41, 5.74) is 1.89. The first-order valence-corrected chi connectivity index (χ1v) is 8.26. The van der Waals surface area contributed by atoms with E-state index < -0.39 is 11.7 Å². The molecule has 2 heterocycles. The van der Waals surface area contributed by atoms with Gasteiger partial charge < -0.3 is 10.6 Å². The van der Waals surface area contributed by atoms with Crippen molar-refractivity contribution >= 4 is 17.5 Å². The smallest absolute Gasteiger partial charge is 0.255 e. The fourth-order valence-electron chi connectivity index (χ4n) is 2.48. The van der Waals surface area contributed by atoms with Crippen LogP contribution in [0.3, 0.4) is 0 Å². The number of nitrogens with one attached hydrogen (secondary N) is 2. The molecule has 7 heteroatoms. The number of anilines is 1. The van der Waals surface area contributed by atoms with Crippen LogP contribution in [0.4, 0.5) is 10.1 Å². The van der Waals surface area contributed by atoms with Crippen LogP contribution in [0.25, 0.3) is 0 Å². The van der Waals surface area contributed by atoms with Crippen molar-refractivity contribution in [3.05, 3.63) is 89.8 Å². The number of halogens is 1. The van der Waals surface area contributed by atoms with Gasteiger partial charge in [0.15, 0.2) is 5.82 Å². The van der Waals surface area contributed by atoms with E-state index in [1.165, 1.54) is 12.3 Å². The molecule has 0 saturated carbocycles. The average molecular weight is 364 g/mol. The second-order valence-corrected chi connectivity index (χ2v) is 5.86.